The molecule has 2 atom stereocenters. The first kappa shape index (κ1) is 19.1. The lowest BCUT2D eigenvalue weighted by Crippen LogP contribution is -2.58. The van der Waals surface area contributed by atoms with Crippen LogP contribution in [0.1, 0.15) is 22.3 Å². The van der Waals surface area contributed by atoms with Crippen molar-refractivity contribution < 1.29 is 19.8 Å². The first-order chi connectivity index (χ1) is 14.0. The van der Waals surface area contributed by atoms with E-state index in [0.29, 0.717) is 12.1 Å². The van der Waals surface area contributed by atoms with Crippen molar-refractivity contribution in [2.75, 3.05) is 13.1 Å². The van der Waals surface area contributed by atoms with Crippen molar-refractivity contribution in [3.05, 3.63) is 78.0 Å². The number of likely N-dealkylation sites (tertiary alicyclic amines) is 1. The van der Waals surface area contributed by atoms with Crippen molar-refractivity contribution in [2.45, 2.75) is 18.9 Å². The first-order valence-corrected chi connectivity index (χ1v) is 9.59. The molecule has 0 spiro atoms. The topological polar surface area (TPSA) is 90.7 Å². The van der Waals surface area contributed by atoms with Crippen molar-refractivity contribution in [1.29, 1.82) is 0 Å². The van der Waals surface area contributed by atoms with E-state index in [4.69, 9.17) is 0 Å². The molecule has 1 aliphatic heterocycles. The molecule has 29 heavy (non-hydrogen) atoms. The van der Waals surface area contributed by atoms with Crippen LogP contribution in [0.15, 0.2) is 66.9 Å². The van der Waals surface area contributed by atoms with Crippen molar-refractivity contribution in [2.24, 2.45) is 5.41 Å². The van der Waals surface area contributed by atoms with Gasteiger partial charge in [-0.25, -0.2) is 0 Å². The van der Waals surface area contributed by atoms with E-state index < -0.39 is 17.5 Å². The zero-order valence-electron chi connectivity index (χ0n) is 15.9. The summed E-state index contributed by atoms with van der Waals surface area (Å²) in [5.74, 6) is -1.32. The molecule has 1 saturated heterocycles. The number of carbonyl (C=O) groups is 2. The number of hydrogen-bond donors (Lipinski definition) is 2. The number of aliphatic hydroxyl groups excluding tert-OH is 1. The number of carboxylic acid groups (broad SMARTS) is 1. The van der Waals surface area contributed by atoms with Crippen molar-refractivity contribution in [1.82, 2.24) is 9.88 Å². The summed E-state index contributed by atoms with van der Waals surface area (Å²) in [6, 6.07) is 18.2. The molecule has 2 N–H and O–H groups in total. The number of rotatable bonds is 4. The molecule has 1 aliphatic rings. The monoisotopic (exact) mass is 390 g/mol. The Morgan fingerprint density at radius 2 is 1.90 bits per heavy atom. The molecule has 3 aromatic rings. The van der Waals surface area contributed by atoms with Crippen LogP contribution in [0.5, 0.6) is 0 Å². The van der Waals surface area contributed by atoms with Crippen LogP contribution in [-0.2, 0) is 11.2 Å². The normalized spacial score (nSPS) is 21.8. The Hall–Kier alpha value is -3.25. The predicted molar refractivity (Wildman–Crippen MR) is 108 cm³/mol. The van der Waals surface area contributed by atoms with E-state index in [1.807, 2.05) is 42.5 Å². The summed E-state index contributed by atoms with van der Waals surface area (Å²) in [4.78, 5) is 31.2. The fraction of sp³-hybridized carbons (Fsp3) is 0.261. The van der Waals surface area contributed by atoms with E-state index >= 15 is 0 Å². The van der Waals surface area contributed by atoms with Gasteiger partial charge in [0, 0.05) is 30.2 Å². The number of piperidine rings is 1. The van der Waals surface area contributed by atoms with Gasteiger partial charge in [0.15, 0.2) is 0 Å². The molecule has 148 valence electrons. The molecule has 1 fully saturated rings. The van der Waals surface area contributed by atoms with Crippen molar-refractivity contribution in [3.8, 4) is 0 Å². The fourth-order valence-corrected chi connectivity index (χ4v) is 4.06. The minimum Gasteiger partial charge on any atom is -0.481 e. The number of pyridine rings is 1. The van der Waals surface area contributed by atoms with Gasteiger partial charge in [-0.3, -0.25) is 14.6 Å². The molecule has 6 nitrogen and oxygen atoms in total. The van der Waals surface area contributed by atoms with Gasteiger partial charge in [0.2, 0.25) is 0 Å². The van der Waals surface area contributed by atoms with E-state index in [0.717, 1.165) is 16.5 Å². The van der Waals surface area contributed by atoms with Crippen molar-refractivity contribution >= 4 is 22.8 Å². The van der Waals surface area contributed by atoms with Gasteiger partial charge in [0.05, 0.1) is 11.6 Å². The molecule has 0 aliphatic carbocycles. The van der Waals surface area contributed by atoms with Crippen molar-refractivity contribution in [3.63, 3.8) is 0 Å². The maximum Gasteiger partial charge on any atom is 0.314 e. The largest absolute Gasteiger partial charge is 0.481 e. The minimum absolute atomic E-state index is 0.0394. The molecule has 2 heterocycles. The molecule has 0 unspecified atom stereocenters. The molecule has 6 heteroatoms. The summed E-state index contributed by atoms with van der Waals surface area (Å²) < 4.78 is 0. The average molecular weight is 390 g/mol. The van der Waals surface area contributed by atoms with Gasteiger partial charge in [0.25, 0.3) is 5.91 Å². The van der Waals surface area contributed by atoms with Gasteiger partial charge in [-0.2, -0.15) is 0 Å². The lowest BCUT2D eigenvalue weighted by molar-refractivity contribution is -0.161. The Morgan fingerprint density at radius 3 is 2.66 bits per heavy atom. The molecule has 0 saturated carbocycles. The number of benzene rings is 2. The SMILES string of the molecule is O=C(c1ccc2ncccc2c1)N1CC[C@H](O)[C@](Cc2ccccc2)(C(=O)O)C1. The summed E-state index contributed by atoms with van der Waals surface area (Å²) >= 11 is 0. The number of nitrogens with zero attached hydrogens (tertiary/aromatic N) is 2. The van der Waals surface area contributed by atoms with Crippen LogP contribution in [-0.4, -0.2) is 51.2 Å². The maximum atomic E-state index is 13.1. The van der Waals surface area contributed by atoms with E-state index in [1.165, 1.54) is 0 Å². The number of fused-ring (bicyclic) bond motifs is 1. The number of carbonyl (C=O) groups excluding carboxylic acids is 1. The molecule has 1 aromatic heterocycles. The average Bonchev–Trinajstić information content (AvgIpc) is 2.75. The van der Waals surface area contributed by atoms with E-state index in [2.05, 4.69) is 4.98 Å². The second-order valence-electron chi connectivity index (χ2n) is 7.57. The third-order valence-corrected chi connectivity index (χ3v) is 5.71. The standard InChI is InChI=1S/C23H22N2O4/c26-20-10-12-25(15-23(20,22(28)29)14-16-5-2-1-3-6-16)21(27)18-8-9-19-17(13-18)7-4-11-24-19/h1-9,11,13,20,26H,10,12,14-15H2,(H,28,29)/t20-,23+/m0/s1. The second-order valence-corrected chi connectivity index (χ2v) is 7.57. The number of carboxylic acids is 1. The zero-order chi connectivity index (χ0) is 20.4. The van der Waals surface area contributed by atoms with Crippen LogP contribution in [0, 0.1) is 5.41 Å². The number of hydrogen-bond acceptors (Lipinski definition) is 4. The molecule has 0 radical (unpaired) electrons. The predicted octanol–water partition coefficient (Wildman–Crippen LogP) is 2.76. The molecule has 2 aromatic carbocycles. The number of aliphatic hydroxyl groups is 1. The van der Waals surface area contributed by atoms with Gasteiger partial charge in [-0.05, 0) is 42.7 Å². The van der Waals surface area contributed by atoms with Gasteiger partial charge in [-0.15, -0.1) is 0 Å². The van der Waals surface area contributed by atoms with Crippen LogP contribution < -0.4 is 0 Å². The van der Waals surface area contributed by atoms with Gasteiger partial charge in [0.1, 0.15) is 5.41 Å². The van der Waals surface area contributed by atoms with E-state index in [9.17, 15) is 19.8 Å². The van der Waals surface area contributed by atoms with Gasteiger partial charge in [-0.1, -0.05) is 36.4 Å². The Bertz CT molecular complexity index is 1050. The Balaban J connectivity index is 1.64. The highest BCUT2D eigenvalue weighted by molar-refractivity contribution is 5.98. The number of aromatic nitrogens is 1. The maximum absolute atomic E-state index is 13.1. The highest BCUT2D eigenvalue weighted by Gasteiger charge is 2.50. The first-order valence-electron chi connectivity index (χ1n) is 9.59. The molecular weight excluding hydrogens is 368 g/mol. The lowest BCUT2D eigenvalue weighted by Gasteiger charge is -2.43. The van der Waals surface area contributed by atoms with Crippen LogP contribution in [0.2, 0.25) is 0 Å². The number of aliphatic carboxylic acids is 1. The Morgan fingerprint density at radius 1 is 1.10 bits per heavy atom. The van der Waals surface area contributed by atoms with Gasteiger partial charge >= 0.3 is 5.97 Å². The van der Waals surface area contributed by atoms with Crippen LogP contribution in [0.4, 0.5) is 0 Å². The van der Waals surface area contributed by atoms with Crippen LogP contribution in [0.25, 0.3) is 10.9 Å². The van der Waals surface area contributed by atoms with E-state index in [1.54, 1.807) is 29.3 Å². The van der Waals surface area contributed by atoms with Crippen LogP contribution >= 0.6 is 0 Å². The van der Waals surface area contributed by atoms with E-state index in [-0.39, 0.29) is 25.3 Å². The summed E-state index contributed by atoms with van der Waals surface area (Å²) in [5.41, 5.74) is 0.663. The second kappa shape index (κ2) is 7.64. The molecule has 1 amide bonds. The quantitative estimate of drug-likeness (QED) is 0.715. The number of amides is 1. The zero-order valence-corrected chi connectivity index (χ0v) is 15.9. The highest BCUT2D eigenvalue weighted by Crippen LogP contribution is 2.35. The summed E-state index contributed by atoms with van der Waals surface area (Å²) in [5, 5.41) is 21.5. The lowest BCUT2D eigenvalue weighted by atomic mass is 9.72. The van der Waals surface area contributed by atoms with Crippen LogP contribution in [0.3, 0.4) is 0 Å². The third kappa shape index (κ3) is 3.59. The third-order valence-electron chi connectivity index (χ3n) is 5.71. The molecular formula is C23H22N2O4. The molecule has 0 bridgehead atoms. The summed E-state index contributed by atoms with van der Waals surface area (Å²) in [6.45, 7) is 0.275. The smallest absolute Gasteiger partial charge is 0.314 e. The Kier molecular flexibility index (Phi) is 5.03. The fourth-order valence-electron chi connectivity index (χ4n) is 4.06. The minimum atomic E-state index is -1.44. The molecule has 4 rings (SSSR count). The summed E-state index contributed by atoms with van der Waals surface area (Å²) in [6.07, 6.45) is 1.06. The highest BCUT2D eigenvalue weighted by atomic mass is 16.4. The Labute approximate surface area is 168 Å². The van der Waals surface area contributed by atoms with Gasteiger partial charge < -0.3 is 15.1 Å². The summed E-state index contributed by atoms with van der Waals surface area (Å²) in [7, 11) is 0.